The molecule has 0 radical (unpaired) electrons. The quantitative estimate of drug-likeness (QED) is 0.581. The summed E-state index contributed by atoms with van der Waals surface area (Å²) >= 11 is 5.91. The summed E-state index contributed by atoms with van der Waals surface area (Å²) in [7, 11) is 0. The SMILES string of the molecule is C[C@H]1CCCC(=O)CCC/C=C/c2cc(OCc3ccc(Cl)cc3)cc(O)c2C(=O)O1. The molecule has 0 unspecified atom stereocenters. The Labute approximate surface area is 187 Å². The number of Topliss-reactive ketones (excluding diaryl/α,β-unsaturated/α-hetero) is 1. The first-order valence-corrected chi connectivity index (χ1v) is 10.9. The summed E-state index contributed by atoms with van der Waals surface area (Å²) in [5, 5.41) is 11.2. The molecule has 0 aliphatic carbocycles. The molecule has 0 amide bonds. The number of ether oxygens (including phenoxy) is 2. The van der Waals surface area contributed by atoms with Crippen LogP contribution in [-0.2, 0) is 16.1 Å². The van der Waals surface area contributed by atoms with Gasteiger partial charge in [-0.05, 0) is 61.9 Å². The number of halogens is 1. The summed E-state index contributed by atoms with van der Waals surface area (Å²) in [6.07, 6.45) is 7.11. The summed E-state index contributed by atoms with van der Waals surface area (Å²) in [5.41, 5.74) is 1.57. The van der Waals surface area contributed by atoms with Crippen molar-refractivity contribution >= 4 is 29.4 Å². The second-order valence-electron chi connectivity index (χ2n) is 7.76. The zero-order valence-electron chi connectivity index (χ0n) is 17.6. The highest BCUT2D eigenvalue weighted by atomic mass is 35.5. The van der Waals surface area contributed by atoms with Crippen LogP contribution in [0.5, 0.6) is 11.5 Å². The van der Waals surface area contributed by atoms with Crippen molar-refractivity contribution in [2.24, 2.45) is 0 Å². The minimum absolute atomic E-state index is 0.120. The highest BCUT2D eigenvalue weighted by Crippen LogP contribution is 2.31. The second kappa shape index (κ2) is 11.0. The van der Waals surface area contributed by atoms with Gasteiger partial charge >= 0.3 is 5.97 Å². The van der Waals surface area contributed by atoms with Crippen LogP contribution in [0.2, 0.25) is 5.02 Å². The van der Waals surface area contributed by atoms with E-state index in [1.165, 1.54) is 6.07 Å². The van der Waals surface area contributed by atoms with Gasteiger partial charge in [-0.1, -0.05) is 35.9 Å². The largest absolute Gasteiger partial charge is 0.507 e. The van der Waals surface area contributed by atoms with Crippen molar-refractivity contribution in [1.82, 2.24) is 0 Å². The predicted octanol–water partition coefficient (Wildman–Crippen LogP) is 6.11. The van der Waals surface area contributed by atoms with Crippen LogP contribution in [0, 0.1) is 0 Å². The highest BCUT2D eigenvalue weighted by Gasteiger charge is 2.21. The smallest absolute Gasteiger partial charge is 0.342 e. The number of phenols is 1. The summed E-state index contributed by atoms with van der Waals surface area (Å²) in [6.45, 7) is 2.09. The van der Waals surface area contributed by atoms with Crippen molar-refractivity contribution in [2.45, 2.75) is 58.2 Å². The van der Waals surface area contributed by atoms with E-state index in [0.29, 0.717) is 55.0 Å². The Hall–Kier alpha value is -2.79. The van der Waals surface area contributed by atoms with E-state index in [-0.39, 0.29) is 23.2 Å². The van der Waals surface area contributed by atoms with Gasteiger partial charge in [0.25, 0.3) is 0 Å². The molecule has 0 saturated carbocycles. The summed E-state index contributed by atoms with van der Waals surface area (Å²) in [6, 6.07) is 10.4. The molecule has 0 aromatic heterocycles. The van der Waals surface area contributed by atoms with Gasteiger partial charge in [0, 0.05) is 23.9 Å². The summed E-state index contributed by atoms with van der Waals surface area (Å²) in [5.74, 6) is -0.0991. The number of phenolic OH excluding ortho intramolecular Hbond substituents is 1. The maximum atomic E-state index is 12.8. The molecule has 0 saturated heterocycles. The first-order chi connectivity index (χ1) is 14.9. The van der Waals surface area contributed by atoms with Gasteiger partial charge in [0.05, 0.1) is 6.10 Å². The third-order valence-corrected chi connectivity index (χ3v) is 5.39. The van der Waals surface area contributed by atoms with Gasteiger partial charge in [-0.15, -0.1) is 0 Å². The molecule has 6 heteroatoms. The van der Waals surface area contributed by atoms with Gasteiger partial charge in [0.1, 0.15) is 29.5 Å². The summed E-state index contributed by atoms with van der Waals surface area (Å²) in [4.78, 5) is 24.7. The molecule has 1 N–H and O–H groups in total. The van der Waals surface area contributed by atoms with Gasteiger partial charge in [0.15, 0.2) is 0 Å². The van der Waals surface area contributed by atoms with E-state index in [9.17, 15) is 14.7 Å². The van der Waals surface area contributed by atoms with E-state index in [2.05, 4.69) is 0 Å². The third-order valence-electron chi connectivity index (χ3n) is 5.14. The summed E-state index contributed by atoms with van der Waals surface area (Å²) < 4.78 is 11.3. The number of allylic oxidation sites excluding steroid dienone is 1. The number of carbonyl (C=O) groups excluding carboxylic acids is 2. The van der Waals surface area contributed by atoms with Gasteiger partial charge < -0.3 is 14.6 Å². The van der Waals surface area contributed by atoms with Gasteiger partial charge in [-0.2, -0.15) is 0 Å². The van der Waals surface area contributed by atoms with Gasteiger partial charge in [-0.3, -0.25) is 4.79 Å². The fraction of sp³-hybridized carbons (Fsp3) is 0.360. The van der Waals surface area contributed by atoms with Crippen molar-refractivity contribution in [3.8, 4) is 11.5 Å². The Morgan fingerprint density at radius 1 is 1.13 bits per heavy atom. The number of hydrogen-bond donors (Lipinski definition) is 1. The average molecular weight is 443 g/mol. The molecule has 0 fully saturated rings. The normalized spacial score (nSPS) is 19.1. The molecule has 2 aromatic carbocycles. The van der Waals surface area contributed by atoms with Crippen LogP contribution in [0.25, 0.3) is 6.08 Å². The van der Waals surface area contributed by atoms with E-state index >= 15 is 0 Å². The molecule has 2 aromatic rings. The fourth-order valence-electron chi connectivity index (χ4n) is 3.45. The van der Waals surface area contributed by atoms with E-state index in [4.69, 9.17) is 21.1 Å². The Kier molecular flexibility index (Phi) is 8.13. The second-order valence-corrected chi connectivity index (χ2v) is 8.20. The Bertz CT molecular complexity index is 949. The van der Waals surface area contributed by atoms with Crippen LogP contribution >= 0.6 is 11.6 Å². The number of carbonyl (C=O) groups is 2. The molecular formula is C25H27ClO5. The lowest BCUT2D eigenvalue weighted by atomic mass is 10.0. The lowest BCUT2D eigenvalue weighted by Gasteiger charge is -2.16. The fourth-order valence-corrected chi connectivity index (χ4v) is 3.57. The molecule has 0 spiro atoms. The average Bonchev–Trinajstić information content (AvgIpc) is 2.72. The van der Waals surface area contributed by atoms with Crippen LogP contribution in [0.15, 0.2) is 42.5 Å². The number of ketones is 1. The van der Waals surface area contributed by atoms with Crippen LogP contribution in [0.3, 0.4) is 0 Å². The molecule has 31 heavy (non-hydrogen) atoms. The number of cyclic esters (lactones) is 1. The zero-order valence-corrected chi connectivity index (χ0v) is 18.4. The van der Waals surface area contributed by atoms with Crippen LogP contribution in [-0.4, -0.2) is 23.0 Å². The molecule has 1 aliphatic rings. The Morgan fingerprint density at radius 3 is 2.65 bits per heavy atom. The maximum Gasteiger partial charge on any atom is 0.342 e. The minimum Gasteiger partial charge on any atom is -0.507 e. The van der Waals surface area contributed by atoms with E-state index < -0.39 is 5.97 Å². The molecule has 5 nitrogen and oxygen atoms in total. The standard InChI is InChI=1S/C25H27ClO5/c1-17-6-5-9-21(27)8-4-2-3-7-19-14-22(15-23(28)24(19)25(29)31-17)30-16-18-10-12-20(26)13-11-18/h3,7,10-15,17,28H,2,4-6,8-9,16H2,1H3/b7-3+/t17-/m0/s1. The van der Waals surface area contributed by atoms with Crippen molar-refractivity contribution in [2.75, 3.05) is 0 Å². The van der Waals surface area contributed by atoms with Crippen molar-refractivity contribution in [1.29, 1.82) is 0 Å². The monoisotopic (exact) mass is 442 g/mol. The molecule has 164 valence electrons. The van der Waals surface area contributed by atoms with Crippen LogP contribution in [0.4, 0.5) is 0 Å². The number of benzene rings is 2. The number of aromatic hydroxyl groups is 1. The first kappa shape index (κ1) is 22.9. The van der Waals surface area contributed by atoms with Crippen molar-refractivity contribution in [3.05, 3.63) is 64.2 Å². The predicted molar refractivity (Wildman–Crippen MR) is 121 cm³/mol. The minimum atomic E-state index is -0.586. The van der Waals surface area contributed by atoms with E-state index in [1.54, 1.807) is 31.2 Å². The molecule has 0 bridgehead atoms. The zero-order chi connectivity index (χ0) is 22.2. The number of fused-ring (bicyclic) bond motifs is 1. The number of hydrogen-bond acceptors (Lipinski definition) is 5. The van der Waals surface area contributed by atoms with E-state index in [1.807, 2.05) is 18.2 Å². The van der Waals surface area contributed by atoms with Crippen molar-refractivity contribution < 1.29 is 24.2 Å². The first-order valence-electron chi connectivity index (χ1n) is 10.6. The molecule has 3 rings (SSSR count). The lowest BCUT2D eigenvalue weighted by Crippen LogP contribution is -2.17. The number of rotatable bonds is 3. The molecule has 1 aliphatic heterocycles. The van der Waals surface area contributed by atoms with Gasteiger partial charge in [0.2, 0.25) is 0 Å². The highest BCUT2D eigenvalue weighted by molar-refractivity contribution is 6.30. The Balaban J connectivity index is 1.84. The Morgan fingerprint density at radius 2 is 1.87 bits per heavy atom. The lowest BCUT2D eigenvalue weighted by molar-refractivity contribution is -0.119. The van der Waals surface area contributed by atoms with E-state index in [0.717, 1.165) is 12.0 Å². The van der Waals surface area contributed by atoms with Crippen LogP contribution < -0.4 is 4.74 Å². The van der Waals surface area contributed by atoms with Gasteiger partial charge in [-0.25, -0.2) is 4.79 Å². The molecular weight excluding hydrogens is 416 g/mol. The topological polar surface area (TPSA) is 72.8 Å². The number of esters is 1. The van der Waals surface area contributed by atoms with Crippen LogP contribution in [0.1, 0.15) is 66.9 Å². The molecule has 1 heterocycles. The molecule has 1 atom stereocenters. The van der Waals surface area contributed by atoms with Crippen molar-refractivity contribution in [3.63, 3.8) is 0 Å². The third kappa shape index (κ3) is 6.86. The maximum absolute atomic E-state index is 12.8.